The predicted molar refractivity (Wildman–Crippen MR) is 109 cm³/mol. The lowest BCUT2D eigenvalue weighted by Gasteiger charge is -2.29. The van der Waals surface area contributed by atoms with E-state index in [1.165, 1.54) is 16.4 Å². The number of sulfonamides is 1. The van der Waals surface area contributed by atoms with Crippen molar-refractivity contribution in [2.75, 3.05) is 25.0 Å². The molecule has 0 aliphatic carbocycles. The van der Waals surface area contributed by atoms with Crippen LogP contribution in [0.5, 0.6) is 5.75 Å². The molecule has 0 radical (unpaired) electrons. The lowest BCUT2D eigenvalue weighted by Crippen LogP contribution is -2.37. The van der Waals surface area contributed by atoms with E-state index in [0.717, 1.165) is 12.8 Å². The Bertz CT molecular complexity index is 906. The number of ether oxygens (including phenoxy) is 1. The van der Waals surface area contributed by atoms with Gasteiger partial charge >= 0.3 is 0 Å². The SMILES string of the molecule is CC1CCN(S(=O)(=O)c2ccc(OCC(=O)Nc3ccc(Cl)cc3)cc2)CC1. The summed E-state index contributed by atoms with van der Waals surface area (Å²) in [4.78, 5) is 12.2. The van der Waals surface area contributed by atoms with Crippen LogP contribution < -0.4 is 10.1 Å². The molecule has 1 saturated heterocycles. The average molecular weight is 423 g/mol. The Morgan fingerprint density at radius 2 is 1.71 bits per heavy atom. The van der Waals surface area contributed by atoms with E-state index in [1.54, 1.807) is 36.4 Å². The topological polar surface area (TPSA) is 75.7 Å². The third-order valence-electron chi connectivity index (χ3n) is 4.70. The van der Waals surface area contributed by atoms with Crippen LogP contribution >= 0.6 is 11.6 Å². The summed E-state index contributed by atoms with van der Waals surface area (Å²) in [6.07, 6.45) is 1.76. The van der Waals surface area contributed by atoms with Gasteiger partial charge in [-0.1, -0.05) is 18.5 Å². The van der Waals surface area contributed by atoms with Gasteiger partial charge in [-0.15, -0.1) is 0 Å². The number of piperidine rings is 1. The average Bonchev–Trinajstić information content (AvgIpc) is 2.69. The number of anilines is 1. The van der Waals surface area contributed by atoms with Crippen LogP contribution in [0.2, 0.25) is 5.02 Å². The monoisotopic (exact) mass is 422 g/mol. The number of rotatable bonds is 6. The first-order chi connectivity index (χ1) is 13.3. The second-order valence-corrected chi connectivity index (χ2v) is 9.28. The molecule has 1 heterocycles. The highest BCUT2D eigenvalue weighted by molar-refractivity contribution is 7.89. The van der Waals surface area contributed by atoms with Gasteiger partial charge in [0.2, 0.25) is 10.0 Å². The van der Waals surface area contributed by atoms with Crippen molar-refractivity contribution in [2.24, 2.45) is 5.92 Å². The van der Waals surface area contributed by atoms with Gasteiger partial charge in [-0.25, -0.2) is 8.42 Å². The van der Waals surface area contributed by atoms with Gasteiger partial charge in [0.25, 0.3) is 5.91 Å². The third-order valence-corrected chi connectivity index (χ3v) is 6.87. The number of carbonyl (C=O) groups excluding carboxylic acids is 1. The summed E-state index contributed by atoms with van der Waals surface area (Å²) >= 11 is 5.81. The van der Waals surface area contributed by atoms with E-state index >= 15 is 0 Å². The highest BCUT2D eigenvalue weighted by Gasteiger charge is 2.27. The van der Waals surface area contributed by atoms with E-state index in [0.29, 0.717) is 35.5 Å². The largest absolute Gasteiger partial charge is 0.484 e. The van der Waals surface area contributed by atoms with Crippen LogP contribution in [-0.2, 0) is 14.8 Å². The maximum atomic E-state index is 12.7. The molecule has 8 heteroatoms. The number of carbonyl (C=O) groups is 1. The molecule has 28 heavy (non-hydrogen) atoms. The van der Waals surface area contributed by atoms with Crippen molar-refractivity contribution >= 4 is 33.2 Å². The summed E-state index contributed by atoms with van der Waals surface area (Å²) in [5, 5.41) is 3.28. The molecule has 0 aromatic heterocycles. The Morgan fingerprint density at radius 3 is 2.32 bits per heavy atom. The molecule has 6 nitrogen and oxygen atoms in total. The summed E-state index contributed by atoms with van der Waals surface area (Å²) in [5.74, 6) is 0.667. The summed E-state index contributed by atoms with van der Waals surface area (Å²) in [6.45, 7) is 3.05. The fraction of sp³-hybridized carbons (Fsp3) is 0.350. The van der Waals surface area contributed by atoms with Crippen molar-refractivity contribution in [3.8, 4) is 5.75 Å². The fourth-order valence-corrected chi connectivity index (χ4v) is 4.56. The number of nitrogens with zero attached hydrogens (tertiary/aromatic N) is 1. The summed E-state index contributed by atoms with van der Waals surface area (Å²) in [5.41, 5.74) is 0.621. The standard InChI is InChI=1S/C20H23ClN2O4S/c1-15-10-12-23(13-11-15)28(25,26)19-8-6-18(7-9-19)27-14-20(24)22-17-4-2-16(21)3-5-17/h2-9,15H,10-14H2,1H3,(H,22,24). The minimum absolute atomic E-state index is 0.182. The molecule has 3 rings (SSSR count). The molecule has 2 aromatic rings. The van der Waals surface area contributed by atoms with Crippen molar-refractivity contribution in [3.05, 3.63) is 53.6 Å². The van der Waals surface area contributed by atoms with Gasteiger partial charge in [0, 0.05) is 23.8 Å². The Morgan fingerprint density at radius 1 is 1.11 bits per heavy atom. The minimum Gasteiger partial charge on any atom is -0.484 e. The zero-order valence-electron chi connectivity index (χ0n) is 15.6. The van der Waals surface area contributed by atoms with Gasteiger partial charge < -0.3 is 10.1 Å². The third kappa shape index (κ3) is 5.25. The lowest BCUT2D eigenvalue weighted by atomic mass is 10.0. The van der Waals surface area contributed by atoms with Crippen LogP contribution in [0.3, 0.4) is 0 Å². The fourth-order valence-electron chi connectivity index (χ4n) is 2.96. The molecule has 1 N–H and O–H groups in total. The lowest BCUT2D eigenvalue weighted by molar-refractivity contribution is -0.118. The molecule has 1 fully saturated rings. The zero-order chi connectivity index (χ0) is 20.1. The van der Waals surface area contributed by atoms with Crippen LogP contribution in [0.1, 0.15) is 19.8 Å². The number of hydrogen-bond donors (Lipinski definition) is 1. The molecule has 150 valence electrons. The van der Waals surface area contributed by atoms with Gasteiger partial charge in [0.05, 0.1) is 4.90 Å². The van der Waals surface area contributed by atoms with E-state index in [4.69, 9.17) is 16.3 Å². The van der Waals surface area contributed by atoms with Crippen molar-refractivity contribution in [3.63, 3.8) is 0 Å². The zero-order valence-corrected chi connectivity index (χ0v) is 17.2. The van der Waals surface area contributed by atoms with Gasteiger partial charge in [0.15, 0.2) is 6.61 Å². The van der Waals surface area contributed by atoms with E-state index in [9.17, 15) is 13.2 Å². The predicted octanol–water partition coefficient (Wildman–Crippen LogP) is 3.78. The second kappa shape index (κ2) is 8.94. The molecule has 1 amide bonds. The molecule has 2 aromatic carbocycles. The Labute approximate surface area is 170 Å². The van der Waals surface area contributed by atoms with E-state index in [1.807, 2.05) is 0 Å². The van der Waals surface area contributed by atoms with Gasteiger partial charge in [0.1, 0.15) is 5.75 Å². The van der Waals surface area contributed by atoms with Gasteiger partial charge in [-0.3, -0.25) is 4.79 Å². The van der Waals surface area contributed by atoms with Crippen molar-refractivity contribution in [1.29, 1.82) is 0 Å². The number of amides is 1. The molecule has 0 bridgehead atoms. The maximum absolute atomic E-state index is 12.7. The molecule has 0 atom stereocenters. The molecule has 0 spiro atoms. The second-order valence-electron chi connectivity index (χ2n) is 6.90. The first-order valence-corrected chi connectivity index (χ1v) is 10.9. The number of nitrogens with one attached hydrogen (secondary N) is 1. The van der Waals surface area contributed by atoms with Crippen LogP contribution in [0.25, 0.3) is 0 Å². The Kier molecular flexibility index (Phi) is 6.59. The highest BCUT2D eigenvalue weighted by Crippen LogP contribution is 2.24. The van der Waals surface area contributed by atoms with E-state index < -0.39 is 10.0 Å². The van der Waals surface area contributed by atoms with Crippen LogP contribution in [0, 0.1) is 5.92 Å². The first-order valence-electron chi connectivity index (χ1n) is 9.13. The van der Waals surface area contributed by atoms with E-state index in [2.05, 4.69) is 12.2 Å². The van der Waals surface area contributed by atoms with Crippen LogP contribution in [0.15, 0.2) is 53.4 Å². The van der Waals surface area contributed by atoms with Gasteiger partial charge in [-0.2, -0.15) is 4.31 Å². The Balaban J connectivity index is 1.55. The molecule has 1 aliphatic rings. The van der Waals surface area contributed by atoms with Crippen molar-refractivity contribution in [2.45, 2.75) is 24.7 Å². The maximum Gasteiger partial charge on any atom is 0.262 e. The van der Waals surface area contributed by atoms with Crippen LogP contribution in [-0.4, -0.2) is 38.3 Å². The first kappa shape index (κ1) is 20.6. The smallest absolute Gasteiger partial charge is 0.262 e. The normalized spacial score (nSPS) is 15.9. The number of halogens is 1. The summed E-state index contributed by atoms with van der Waals surface area (Å²) in [6, 6.07) is 12.9. The van der Waals surface area contributed by atoms with Crippen molar-refractivity contribution < 1.29 is 17.9 Å². The molecule has 1 aliphatic heterocycles. The highest BCUT2D eigenvalue weighted by atomic mass is 35.5. The Hall–Kier alpha value is -2.09. The summed E-state index contributed by atoms with van der Waals surface area (Å²) < 4.78 is 32.4. The minimum atomic E-state index is -3.49. The summed E-state index contributed by atoms with van der Waals surface area (Å²) in [7, 11) is -3.49. The van der Waals surface area contributed by atoms with Crippen LogP contribution in [0.4, 0.5) is 5.69 Å². The number of benzene rings is 2. The van der Waals surface area contributed by atoms with Crippen molar-refractivity contribution in [1.82, 2.24) is 4.31 Å². The quantitative estimate of drug-likeness (QED) is 0.768. The molecule has 0 saturated carbocycles. The molecular weight excluding hydrogens is 400 g/mol. The van der Waals surface area contributed by atoms with Gasteiger partial charge in [-0.05, 0) is 67.3 Å². The van der Waals surface area contributed by atoms with E-state index in [-0.39, 0.29) is 17.4 Å². The number of hydrogen-bond acceptors (Lipinski definition) is 4. The molecular formula is C20H23ClN2O4S. The molecule has 0 unspecified atom stereocenters.